The van der Waals surface area contributed by atoms with Gasteiger partial charge in [-0.25, -0.2) is 0 Å². The van der Waals surface area contributed by atoms with Crippen LogP contribution in [0.1, 0.15) is 0 Å². The fourth-order valence-electron chi connectivity index (χ4n) is 2.43. The van der Waals surface area contributed by atoms with E-state index >= 15 is 0 Å². The van der Waals surface area contributed by atoms with E-state index in [2.05, 4.69) is 23.2 Å². The second-order valence-electron chi connectivity index (χ2n) is 4.45. The smallest absolute Gasteiger partial charge is 0.143 e. The van der Waals surface area contributed by atoms with Gasteiger partial charge in [0.25, 0.3) is 0 Å². The maximum atomic E-state index is 5.99. The Morgan fingerprint density at radius 3 is 2.89 bits per heavy atom. The molecule has 2 aromatic carbocycles. The highest BCUT2D eigenvalue weighted by atomic mass is 16.3. The lowest BCUT2D eigenvalue weighted by Gasteiger charge is -2.01. The first-order chi connectivity index (χ1) is 9.43. The topological polar surface area (TPSA) is 26.0 Å². The molecule has 0 fully saturated rings. The molecule has 2 nitrogen and oxygen atoms in total. The van der Waals surface area contributed by atoms with Crippen LogP contribution >= 0.6 is 0 Å². The van der Waals surface area contributed by atoms with Crippen molar-refractivity contribution in [2.45, 2.75) is 0 Å². The first kappa shape index (κ1) is 10.3. The standard InChI is InChI=1S/C17H10NO/c1-2-9-16-14(6-1)15-8-3-7-13(17(15)19-16)12-5-4-10-18-11-12/h2-11H. The molecule has 2 heteroatoms. The van der Waals surface area contributed by atoms with Gasteiger partial charge in [-0.15, -0.1) is 0 Å². The van der Waals surface area contributed by atoms with E-state index in [9.17, 15) is 0 Å². The number of furan rings is 1. The van der Waals surface area contributed by atoms with Crippen molar-refractivity contribution in [2.24, 2.45) is 0 Å². The predicted molar refractivity (Wildman–Crippen MR) is 75.8 cm³/mol. The molecule has 4 rings (SSSR count). The molecule has 0 aliphatic rings. The van der Waals surface area contributed by atoms with Crippen molar-refractivity contribution < 1.29 is 4.42 Å². The molecule has 0 saturated heterocycles. The third kappa shape index (κ3) is 1.54. The van der Waals surface area contributed by atoms with Gasteiger partial charge in [0.2, 0.25) is 0 Å². The van der Waals surface area contributed by atoms with Gasteiger partial charge in [0, 0.05) is 34.3 Å². The van der Waals surface area contributed by atoms with Gasteiger partial charge in [0.1, 0.15) is 11.2 Å². The van der Waals surface area contributed by atoms with Gasteiger partial charge in [0.05, 0.1) is 0 Å². The van der Waals surface area contributed by atoms with Gasteiger partial charge in [-0.1, -0.05) is 30.3 Å². The average Bonchev–Trinajstić information content (AvgIpc) is 2.87. The number of pyridine rings is 1. The highest BCUT2D eigenvalue weighted by molar-refractivity contribution is 6.09. The van der Waals surface area contributed by atoms with E-state index in [1.165, 1.54) is 0 Å². The zero-order valence-electron chi connectivity index (χ0n) is 10.1. The van der Waals surface area contributed by atoms with E-state index < -0.39 is 0 Å². The van der Waals surface area contributed by atoms with Crippen LogP contribution in [-0.4, -0.2) is 4.98 Å². The summed E-state index contributed by atoms with van der Waals surface area (Å²) in [5.41, 5.74) is 3.94. The Balaban J connectivity index is 2.13. The largest absolute Gasteiger partial charge is 0.455 e. The minimum absolute atomic E-state index is 0.894. The van der Waals surface area contributed by atoms with Crippen LogP contribution in [0.25, 0.3) is 33.1 Å². The molecule has 0 N–H and O–H groups in total. The molecule has 4 aromatic rings. The van der Waals surface area contributed by atoms with Crippen LogP contribution in [0, 0.1) is 6.07 Å². The Kier molecular flexibility index (Phi) is 2.15. The summed E-state index contributed by atoms with van der Waals surface area (Å²) in [5.74, 6) is 0. The van der Waals surface area contributed by atoms with Crippen LogP contribution in [0.5, 0.6) is 0 Å². The molecule has 0 aliphatic carbocycles. The first-order valence-corrected chi connectivity index (χ1v) is 6.15. The monoisotopic (exact) mass is 244 g/mol. The third-order valence-electron chi connectivity index (χ3n) is 3.31. The van der Waals surface area contributed by atoms with E-state index in [1.54, 1.807) is 6.20 Å². The highest BCUT2D eigenvalue weighted by Crippen LogP contribution is 2.34. The number of aromatic nitrogens is 1. The molecular weight excluding hydrogens is 234 g/mol. The molecule has 19 heavy (non-hydrogen) atoms. The maximum Gasteiger partial charge on any atom is 0.143 e. The van der Waals surface area contributed by atoms with E-state index in [1.807, 2.05) is 42.6 Å². The fourth-order valence-corrected chi connectivity index (χ4v) is 2.43. The number of benzene rings is 2. The van der Waals surface area contributed by atoms with Gasteiger partial charge >= 0.3 is 0 Å². The summed E-state index contributed by atoms with van der Waals surface area (Å²) in [5, 5.41) is 2.22. The van der Waals surface area contributed by atoms with Crippen molar-refractivity contribution in [3.63, 3.8) is 0 Å². The van der Waals surface area contributed by atoms with Crippen molar-refractivity contribution in [3.05, 3.63) is 67.0 Å². The number of rotatable bonds is 1. The van der Waals surface area contributed by atoms with Gasteiger partial charge < -0.3 is 4.42 Å². The Labute approximate surface area is 110 Å². The van der Waals surface area contributed by atoms with Gasteiger partial charge in [-0.05, 0) is 24.3 Å². The molecular formula is C17H10NO. The average molecular weight is 244 g/mol. The molecule has 0 amide bonds. The summed E-state index contributed by atoms with van der Waals surface area (Å²) in [6.45, 7) is 0. The summed E-state index contributed by atoms with van der Waals surface area (Å²) in [6.07, 6.45) is 3.63. The van der Waals surface area contributed by atoms with Gasteiger partial charge in [0.15, 0.2) is 0 Å². The van der Waals surface area contributed by atoms with Crippen molar-refractivity contribution in [2.75, 3.05) is 0 Å². The lowest BCUT2D eigenvalue weighted by Crippen LogP contribution is -1.79. The molecule has 1 radical (unpaired) electrons. The van der Waals surface area contributed by atoms with Crippen LogP contribution in [0.2, 0.25) is 0 Å². The Morgan fingerprint density at radius 1 is 1.00 bits per heavy atom. The molecule has 0 bridgehead atoms. The highest BCUT2D eigenvalue weighted by Gasteiger charge is 2.11. The molecule has 89 valence electrons. The van der Waals surface area contributed by atoms with Crippen molar-refractivity contribution >= 4 is 21.9 Å². The van der Waals surface area contributed by atoms with Crippen LogP contribution < -0.4 is 0 Å². The number of para-hydroxylation sites is 1. The summed E-state index contributed by atoms with van der Waals surface area (Å²) in [6, 6.07) is 19.0. The van der Waals surface area contributed by atoms with E-state index in [4.69, 9.17) is 4.42 Å². The number of fused-ring (bicyclic) bond motifs is 3. The van der Waals surface area contributed by atoms with Crippen molar-refractivity contribution in [1.29, 1.82) is 0 Å². The second kappa shape index (κ2) is 3.95. The fraction of sp³-hybridized carbons (Fsp3) is 0. The lowest BCUT2D eigenvalue weighted by molar-refractivity contribution is 0.670. The first-order valence-electron chi connectivity index (χ1n) is 6.15. The normalized spacial score (nSPS) is 11.2. The molecule has 2 heterocycles. The molecule has 0 saturated carbocycles. The van der Waals surface area contributed by atoms with E-state index in [-0.39, 0.29) is 0 Å². The Bertz CT molecular complexity index is 862. The summed E-state index contributed by atoms with van der Waals surface area (Å²) in [4.78, 5) is 4.17. The third-order valence-corrected chi connectivity index (χ3v) is 3.31. The maximum absolute atomic E-state index is 5.99. The van der Waals surface area contributed by atoms with Crippen molar-refractivity contribution in [1.82, 2.24) is 4.98 Å². The summed E-state index contributed by atoms with van der Waals surface area (Å²) >= 11 is 0. The van der Waals surface area contributed by atoms with Gasteiger partial charge in [-0.3, -0.25) is 4.98 Å². The Hall–Kier alpha value is -2.61. The molecule has 0 atom stereocenters. The van der Waals surface area contributed by atoms with Crippen LogP contribution in [0.4, 0.5) is 0 Å². The molecule has 2 aromatic heterocycles. The van der Waals surface area contributed by atoms with Crippen LogP contribution in [-0.2, 0) is 0 Å². The quantitative estimate of drug-likeness (QED) is 0.494. The van der Waals surface area contributed by atoms with Gasteiger partial charge in [-0.2, -0.15) is 0 Å². The van der Waals surface area contributed by atoms with Crippen molar-refractivity contribution in [3.8, 4) is 11.1 Å². The van der Waals surface area contributed by atoms with E-state index in [0.29, 0.717) is 0 Å². The zero-order valence-corrected chi connectivity index (χ0v) is 10.1. The van der Waals surface area contributed by atoms with Crippen LogP contribution in [0.15, 0.2) is 65.3 Å². The van der Waals surface area contributed by atoms with Crippen LogP contribution in [0.3, 0.4) is 0 Å². The minimum Gasteiger partial charge on any atom is -0.455 e. The SMILES string of the molecule is [c]1ccc2oc3c(-c4cccnc4)cccc3c2c1. The summed E-state index contributed by atoms with van der Waals surface area (Å²) in [7, 11) is 0. The zero-order chi connectivity index (χ0) is 12.7. The molecule has 0 unspecified atom stereocenters. The summed E-state index contributed by atoms with van der Waals surface area (Å²) < 4.78 is 5.99. The lowest BCUT2D eigenvalue weighted by atomic mass is 10.0. The molecule has 0 spiro atoms. The minimum atomic E-state index is 0.894. The number of hydrogen-bond donors (Lipinski definition) is 0. The number of hydrogen-bond acceptors (Lipinski definition) is 2. The molecule has 0 aliphatic heterocycles. The predicted octanol–water partition coefficient (Wildman–Crippen LogP) is 4.45. The van der Waals surface area contributed by atoms with E-state index in [0.717, 1.165) is 33.1 Å². The second-order valence-corrected chi connectivity index (χ2v) is 4.45. The Morgan fingerprint density at radius 2 is 2.00 bits per heavy atom. The number of nitrogens with zero attached hydrogens (tertiary/aromatic N) is 1.